The zero-order valence-corrected chi connectivity index (χ0v) is 16.2. The second-order valence-corrected chi connectivity index (χ2v) is 8.69. The summed E-state index contributed by atoms with van der Waals surface area (Å²) in [5.41, 5.74) is 0.459. The quantitative estimate of drug-likeness (QED) is 0.739. The Morgan fingerprint density at radius 3 is 2.08 bits per heavy atom. The Morgan fingerprint density at radius 1 is 1.08 bits per heavy atom. The minimum atomic E-state index is -3.86. The molecule has 0 aliphatic rings. The highest BCUT2D eigenvalue weighted by atomic mass is 32.2. The molecule has 2 atom stereocenters. The third-order valence-electron chi connectivity index (χ3n) is 3.18. The Balaban J connectivity index is 2.70. The topological polar surface area (TPSA) is 102 Å². The van der Waals surface area contributed by atoms with Crippen LogP contribution in [0, 0.1) is 6.92 Å². The van der Waals surface area contributed by atoms with E-state index >= 15 is 0 Å². The van der Waals surface area contributed by atoms with Gasteiger partial charge in [-0.05, 0) is 53.7 Å². The van der Waals surface area contributed by atoms with E-state index in [0.717, 1.165) is 5.56 Å². The van der Waals surface area contributed by atoms with Gasteiger partial charge in [0.15, 0.2) is 6.10 Å². The number of aryl methyl sites for hydroxylation is 1. The molecule has 1 aromatic carbocycles. The van der Waals surface area contributed by atoms with Crippen LogP contribution in [0.3, 0.4) is 0 Å². The van der Waals surface area contributed by atoms with Gasteiger partial charge in [-0.15, -0.1) is 0 Å². The summed E-state index contributed by atoms with van der Waals surface area (Å²) in [6.45, 7) is 10.0. The molecule has 140 valence electrons. The molecule has 0 aliphatic carbocycles. The number of amides is 1. The molecular weight excluding hydrogens is 344 g/mol. The summed E-state index contributed by atoms with van der Waals surface area (Å²) in [6.07, 6.45) is -1.03. The van der Waals surface area contributed by atoms with Gasteiger partial charge < -0.3 is 10.1 Å². The van der Waals surface area contributed by atoms with E-state index in [4.69, 9.17) is 4.74 Å². The van der Waals surface area contributed by atoms with Gasteiger partial charge in [-0.2, -0.15) is 4.72 Å². The van der Waals surface area contributed by atoms with Gasteiger partial charge in [0.05, 0.1) is 4.90 Å². The van der Waals surface area contributed by atoms with Crippen molar-refractivity contribution in [2.75, 3.05) is 0 Å². The number of carbonyl (C=O) groups excluding carboxylic acids is 2. The van der Waals surface area contributed by atoms with E-state index < -0.39 is 39.6 Å². The SMILES string of the molecule is Cc1ccc(S(=O)(=O)N[C@H](C)C(=O)O[C@H](C)C(=O)NC(C)(C)C)cc1. The van der Waals surface area contributed by atoms with Crippen molar-refractivity contribution in [1.29, 1.82) is 0 Å². The maximum Gasteiger partial charge on any atom is 0.324 e. The number of hydrogen-bond acceptors (Lipinski definition) is 5. The minimum Gasteiger partial charge on any atom is -0.451 e. The number of nitrogens with one attached hydrogen (secondary N) is 2. The molecule has 0 aromatic heterocycles. The van der Waals surface area contributed by atoms with Crippen LogP contribution in [0.5, 0.6) is 0 Å². The van der Waals surface area contributed by atoms with Crippen molar-refractivity contribution in [3.63, 3.8) is 0 Å². The summed E-state index contributed by atoms with van der Waals surface area (Å²) >= 11 is 0. The first-order valence-electron chi connectivity index (χ1n) is 7.93. The summed E-state index contributed by atoms with van der Waals surface area (Å²) in [5, 5.41) is 2.69. The average molecular weight is 370 g/mol. The molecule has 0 unspecified atom stereocenters. The van der Waals surface area contributed by atoms with E-state index in [1.54, 1.807) is 32.9 Å². The van der Waals surface area contributed by atoms with Crippen LogP contribution in [0.15, 0.2) is 29.2 Å². The monoisotopic (exact) mass is 370 g/mol. The molecule has 1 aromatic rings. The van der Waals surface area contributed by atoms with Crippen LogP contribution in [0.25, 0.3) is 0 Å². The largest absolute Gasteiger partial charge is 0.451 e. The Bertz CT molecular complexity index is 720. The number of ether oxygens (including phenoxy) is 1. The van der Waals surface area contributed by atoms with Crippen molar-refractivity contribution < 1.29 is 22.7 Å². The molecule has 8 heteroatoms. The maximum atomic E-state index is 12.3. The van der Waals surface area contributed by atoms with Gasteiger partial charge in [-0.1, -0.05) is 17.7 Å². The second kappa shape index (κ2) is 7.97. The fourth-order valence-corrected chi connectivity index (χ4v) is 3.06. The fraction of sp³-hybridized carbons (Fsp3) is 0.529. The number of benzene rings is 1. The van der Waals surface area contributed by atoms with Crippen molar-refractivity contribution in [3.05, 3.63) is 29.8 Å². The first kappa shape index (κ1) is 21.1. The number of hydrogen-bond donors (Lipinski definition) is 2. The van der Waals surface area contributed by atoms with Crippen molar-refractivity contribution in [1.82, 2.24) is 10.0 Å². The highest BCUT2D eigenvalue weighted by molar-refractivity contribution is 7.89. The molecule has 0 bridgehead atoms. The highest BCUT2D eigenvalue weighted by Crippen LogP contribution is 2.11. The molecule has 0 saturated heterocycles. The zero-order chi connectivity index (χ0) is 19.4. The van der Waals surface area contributed by atoms with Crippen molar-refractivity contribution in [2.24, 2.45) is 0 Å². The molecule has 0 heterocycles. The lowest BCUT2D eigenvalue weighted by molar-refractivity contribution is -0.156. The van der Waals surface area contributed by atoms with Gasteiger partial charge in [0.2, 0.25) is 10.0 Å². The third-order valence-corrected chi connectivity index (χ3v) is 4.73. The fourth-order valence-electron chi connectivity index (χ4n) is 1.87. The number of rotatable bonds is 6. The minimum absolute atomic E-state index is 0.0521. The average Bonchev–Trinajstić information content (AvgIpc) is 2.45. The molecule has 25 heavy (non-hydrogen) atoms. The van der Waals surface area contributed by atoms with E-state index in [9.17, 15) is 18.0 Å². The van der Waals surface area contributed by atoms with Crippen molar-refractivity contribution >= 4 is 21.9 Å². The van der Waals surface area contributed by atoms with Gasteiger partial charge in [0.1, 0.15) is 6.04 Å². The lowest BCUT2D eigenvalue weighted by Gasteiger charge is -2.24. The molecule has 0 fully saturated rings. The molecule has 0 saturated carbocycles. The summed E-state index contributed by atoms with van der Waals surface area (Å²) < 4.78 is 31.8. The van der Waals surface area contributed by atoms with E-state index in [0.29, 0.717) is 0 Å². The first-order valence-corrected chi connectivity index (χ1v) is 9.41. The number of sulfonamides is 1. The lowest BCUT2D eigenvalue weighted by atomic mass is 10.1. The van der Waals surface area contributed by atoms with Gasteiger partial charge in [-0.3, -0.25) is 9.59 Å². The van der Waals surface area contributed by atoms with Crippen LogP contribution in [-0.4, -0.2) is 38.0 Å². The second-order valence-electron chi connectivity index (χ2n) is 6.97. The normalized spacial score (nSPS) is 14.5. The molecule has 7 nitrogen and oxygen atoms in total. The van der Waals surface area contributed by atoms with Gasteiger partial charge in [0.25, 0.3) is 5.91 Å². The molecule has 1 amide bonds. The Labute approximate surface area is 149 Å². The molecule has 0 spiro atoms. The predicted molar refractivity (Wildman–Crippen MR) is 94.4 cm³/mol. The Kier molecular flexibility index (Phi) is 6.73. The van der Waals surface area contributed by atoms with Gasteiger partial charge in [-0.25, -0.2) is 8.42 Å². The van der Waals surface area contributed by atoms with Crippen LogP contribution in [0.4, 0.5) is 0 Å². The summed E-state index contributed by atoms with van der Waals surface area (Å²) in [6, 6.07) is 5.10. The zero-order valence-electron chi connectivity index (χ0n) is 15.4. The number of carbonyl (C=O) groups is 2. The molecule has 2 N–H and O–H groups in total. The maximum absolute atomic E-state index is 12.3. The van der Waals surface area contributed by atoms with Gasteiger partial charge >= 0.3 is 5.97 Å². The Morgan fingerprint density at radius 2 is 1.60 bits per heavy atom. The summed E-state index contributed by atoms with van der Waals surface area (Å²) in [4.78, 5) is 24.0. The van der Waals surface area contributed by atoms with Crippen LogP contribution >= 0.6 is 0 Å². The van der Waals surface area contributed by atoms with E-state index in [1.165, 1.54) is 26.0 Å². The van der Waals surface area contributed by atoms with Crippen LogP contribution in [-0.2, 0) is 24.3 Å². The lowest BCUT2D eigenvalue weighted by Crippen LogP contribution is -2.48. The molecule has 0 radical (unpaired) electrons. The van der Waals surface area contributed by atoms with E-state index in [-0.39, 0.29) is 4.90 Å². The summed E-state index contributed by atoms with van der Waals surface area (Å²) in [7, 11) is -3.86. The van der Waals surface area contributed by atoms with Crippen LogP contribution < -0.4 is 10.0 Å². The van der Waals surface area contributed by atoms with Crippen LogP contribution in [0.1, 0.15) is 40.2 Å². The summed E-state index contributed by atoms with van der Waals surface area (Å²) in [5.74, 6) is -1.28. The highest BCUT2D eigenvalue weighted by Gasteiger charge is 2.27. The molecule has 0 aliphatic heterocycles. The molecular formula is C17H26N2O5S. The van der Waals surface area contributed by atoms with Crippen molar-refractivity contribution in [3.8, 4) is 0 Å². The van der Waals surface area contributed by atoms with Gasteiger partial charge in [0, 0.05) is 5.54 Å². The first-order chi connectivity index (χ1) is 11.3. The molecule has 1 rings (SSSR count). The third kappa shape index (κ3) is 6.83. The number of esters is 1. The van der Waals surface area contributed by atoms with Crippen LogP contribution in [0.2, 0.25) is 0 Å². The Hall–Kier alpha value is -1.93. The van der Waals surface area contributed by atoms with E-state index in [1.807, 2.05) is 6.92 Å². The van der Waals surface area contributed by atoms with Crippen molar-refractivity contribution in [2.45, 2.75) is 64.1 Å². The standard InChI is InChI=1S/C17H26N2O5S/c1-11-7-9-14(10-8-11)25(22,23)19-12(2)16(21)24-13(3)15(20)18-17(4,5)6/h7-10,12-13,19H,1-6H3,(H,18,20)/t12-,13-/m1/s1. The predicted octanol–water partition coefficient (Wildman–Crippen LogP) is 1.51. The van der Waals surface area contributed by atoms with E-state index in [2.05, 4.69) is 10.0 Å². The smallest absolute Gasteiger partial charge is 0.324 e.